The van der Waals surface area contributed by atoms with E-state index < -0.39 is 81.1 Å². The SMILES string of the molecule is O=C(NC(=O)C(Cl)(Cl)Cl)OC[C@]1(O)Cc2c(O)c3c(c(O)c2[C@@H](O)C1)C(=O)c1ccccc1C3=O. The summed E-state index contributed by atoms with van der Waals surface area (Å²) in [6.07, 6.45) is -3.95. The van der Waals surface area contributed by atoms with E-state index in [1.54, 1.807) is 5.32 Å². The van der Waals surface area contributed by atoms with Crippen LogP contribution in [-0.4, -0.2) is 60.0 Å². The Morgan fingerprint density at radius 3 is 2.14 bits per heavy atom. The first-order valence-electron chi connectivity index (χ1n) is 9.99. The van der Waals surface area contributed by atoms with Crippen molar-refractivity contribution < 1.29 is 44.3 Å². The van der Waals surface area contributed by atoms with Crippen LogP contribution in [0.1, 0.15) is 55.5 Å². The molecule has 0 aromatic heterocycles. The first-order chi connectivity index (χ1) is 16.2. The van der Waals surface area contributed by atoms with Crippen LogP contribution in [0.25, 0.3) is 0 Å². The van der Waals surface area contributed by atoms with Gasteiger partial charge in [0.15, 0.2) is 11.6 Å². The number of carbonyl (C=O) groups is 4. The molecule has 0 aliphatic heterocycles. The standard InChI is InChI=1S/C22H16Cl3NO9/c23-22(24,25)19(32)26-20(33)35-7-21(34)5-10-12(11(27)6-21)18(31)14-13(17(10)30)15(28)8-3-1-2-4-9(8)16(14)29/h1-4,11,27,30-31,34H,5-7H2,(H,26,32,33)/t11-,21-/m0/s1. The van der Waals surface area contributed by atoms with E-state index in [9.17, 15) is 39.6 Å². The third-order valence-corrected chi connectivity index (χ3v) is 6.33. The molecule has 0 saturated heterocycles. The average molecular weight is 545 g/mol. The topological polar surface area (TPSA) is 170 Å². The molecule has 5 N–H and O–H groups in total. The Hall–Kier alpha value is -2.89. The van der Waals surface area contributed by atoms with E-state index in [-0.39, 0.29) is 22.3 Å². The summed E-state index contributed by atoms with van der Waals surface area (Å²) in [6, 6.07) is 5.86. The molecule has 0 unspecified atom stereocenters. The molecular formula is C22H16Cl3NO9. The van der Waals surface area contributed by atoms with Crippen molar-refractivity contribution in [2.75, 3.05) is 6.61 Å². The molecule has 2 aliphatic rings. The fraction of sp³-hybridized carbons (Fsp3) is 0.273. The number of alkyl halides is 3. The van der Waals surface area contributed by atoms with Crippen LogP contribution < -0.4 is 5.32 Å². The number of ketones is 2. The van der Waals surface area contributed by atoms with Crippen molar-refractivity contribution >= 4 is 58.4 Å². The van der Waals surface area contributed by atoms with Crippen molar-refractivity contribution in [3.05, 3.63) is 57.6 Å². The van der Waals surface area contributed by atoms with Crippen LogP contribution in [-0.2, 0) is 16.0 Å². The number of carbonyl (C=O) groups excluding carboxylic acids is 4. The Bertz CT molecular complexity index is 1300. The average Bonchev–Trinajstić information content (AvgIpc) is 2.77. The van der Waals surface area contributed by atoms with Crippen LogP contribution in [0.2, 0.25) is 0 Å². The number of nitrogens with one attached hydrogen (secondary N) is 1. The van der Waals surface area contributed by atoms with Crippen LogP contribution in [0.3, 0.4) is 0 Å². The lowest BCUT2D eigenvalue weighted by Crippen LogP contribution is -2.45. The third-order valence-electron chi connectivity index (χ3n) is 5.82. The highest BCUT2D eigenvalue weighted by atomic mass is 35.6. The van der Waals surface area contributed by atoms with Crippen LogP contribution >= 0.6 is 34.8 Å². The molecule has 10 nitrogen and oxygen atoms in total. The number of aromatic hydroxyl groups is 2. The van der Waals surface area contributed by atoms with E-state index in [0.29, 0.717) is 0 Å². The molecule has 35 heavy (non-hydrogen) atoms. The van der Waals surface area contributed by atoms with Crippen molar-refractivity contribution in [2.45, 2.75) is 28.3 Å². The molecule has 13 heteroatoms. The van der Waals surface area contributed by atoms with E-state index in [4.69, 9.17) is 39.5 Å². The Morgan fingerprint density at radius 1 is 1.06 bits per heavy atom. The van der Waals surface area contributed by atoms with Gasteiger partial charge in [-0.3, -0.25) is 19.7 Å². The minimum absolute atomic E-state index is 0.0184. The maximum Gasteiger partial charge on any atom is 0.414 e. The minimum atomic E-state index is -2.44. The van der Waals surface area contributed by atoms with Crippen molar-refractivity contribution in [1.29, 1.82) is 0 Å². The largest absolute Gasteiger partial charge is 0.507 e. The molecule has 0 fully saturated rings. The Balaban J connectivity index is 1.67. The maximum atomic E-state index is 13.1. The van der Waals surface area contributed by atoms with Gasteiger partial charge in [0, 0.05) is 35.1 Å². The number of hydrogen-bond donors (Lipinski definition) is 5. The van der Waals surface area contributed by atoms with E-state index in [1.165, 1.54) is 24.3 Å². The fourth-order valence-corrected chi connectivity index (χ4v) is 4.44. The number of aliphatic hydroxyl groups excluding tert-OH is 1. The number of phenols is 2. The molecule has 0 radical (unpaired) electrons. The highest BCUT2D eigenvalue weighted by Gasteiger charge is 2.45. The molecule has 0 bridgehead atoms. The highest BCUT2D eigenvalue weighted by molar-refractivity contribution is 6.76. The van der Waals surface area contributed by atoms with Crippen LogP contribution in [0, 0.1) is 0 Å². The fourth-order valence-electron chi connectivity index (χ4n) is 4.29. The smallest absolute Gasteiger partial charge is 0.414 e. The van der Waals surface area contributed by atoms with Crippen molar-refractivity contribution in [2.24, 2.45) is 0 Å². The van der Waals surface area contributed by atoms with Gasteiger partial charge < -0.3 is 25.2 Å². The van der Waals surface area contributed by atoms with Gasteiger partial charge in [-0.15, -0.1) is 0 Å². The zero-order chi connectivity index (χ0) is 25.9. The van der Waals surface area contributed by atoms with E-state index >= 15 is 0 Å². The van der Waals surface area contributed by atoms with Crippen molar-refractivity contribution in [3.63, 3.8) is 0 Å². The molecule has 0 spiro atoms. The predicted octanol–water partition coefficient (Wildman–Crippen LogP) is 2.21. The van der Waals surface area contributed by atoms with Gasteiger partial charge in [-0.05, 0) is 0 Å². The molecule has 2 aromatic rings. The van der Waals surface area contributed by atoms with Gasteiger partial charge in [-0.2, -0.15) is 0 Å². The van der Waals surface area contributed by atoms with Crippen molar-refractivity contribution in [1.82, 2.24) is 5.32 Å². The number of imide groups is 1. The number of rotatable bonds is 2. The summed E-state index contributed by atoms with van der Waals surface area (Å²) in [5.74, 6) is -4.13. The van der Waals surface area contributed by atoms with Crippen molar-refractivity contribution in [3.8, 4) is 11.5 Å². The number of fused-ring (bicyclic) bond motifs is 3. The lowest BCUT2D eigenvalue weighted by Gasteiger charge is -2.37. The number of ether oxygens (including phenoxy) is 1. The number of aliphatic hydroxyl groups is 2. The molecule has 184 valence electrons. The zero-order valence-corrected chi connectivity index (χ0v) is 19.7. The van der Waals surface area contributed by atoms with Gasteiger partial charge in [-0.25, -0.2) is 4.79 Å². The van der Waals surface area contributed by atoms with Gasteiger partial charge in [-0.1, -0.05) is 59.1 Å². The molecule has 2 aromatic carbocycles. The molecule has 0 saturated carbocycles. The second-order valence-electron chi connectivity index (χ2n) is 8.19. The van der Waals surface area contributed by atoms with Gasteiger partial charge >= 0.3 is 6.09 Å². The number of amides is 2. The number of halogens is 3. The highest BCUT2D eigenvalue weighted by Crippen LogP contribution is 2.50. The summed E-state index contributed by atoms with van der Waals surface area (Å²) >= 11 is 16.0. The third kappa shape index (κ3) is 4.32. The molecule has 2 amide bonds. The lowest BCUT2D eigenvalue weighted by molar-refractivity contribution is -0.120. The van der Waals surface area contributed by atoms with Gasteiger partial charge in [0.25, 0.3) is 9.70 Å². The van der Waals surface area contributed by atoms with Gasteiger partial charge in [0.1, 0.15) is 23.7 Å². The summed E-state index contributed by atoms with van der Waals surface area (Å²) in [5, 5.41) is 45.1. The predicted molar refractivity (Wildman–Crippen MR) is 121 cm³/mol. The van der Waals surface area contributed by atoms with E-state index in [1.807, 2.05) is 0 Å². The number of phenolic OH excluding ortho intramolecular Hbond substituents is 2. The molecule has 4 rings (SSSR count). The summed E-state index contributed by atoms with van der Waals surface area (Å²) in [6.45, 7) is -0.782. The second-order valence-corrected chi connectivity index (χ2v) is 10.5. The normalized spacial score (nSPS) is 21.0. The van der Waals surface area contributed by atoms with E-state index in [2.05, 4.69) is 0 Å². The van der Waals surface area contributed by atoms with Crippen LogP contribution in [0.5, 0.6) is 11.5 Å². The Morgan fingerprint density at radius 2 is 1.60 bits per heavy atom. The quantitative estimate of drug-likeness (QED) is 0.240. The first-order valence-corrected chi connectivity index (χ1v) is 11.1. The Labute approximate surface area is 212 Å². The summed E-state index contributed by atoms with van der Waals surface area (Å²) in [7, 11) is 0. The molecular weight excluding hydrogens is 529 g/mol. The Kier molecular flexibility index (Phi) is 6.23. The molecule has 2 aliphatic carbocycles. The van der Waals surface area contributed by atoms with Gasteiger partial charge in [0.05, 0.1) is 17.2 Å². The maximum absolute atomic E-state index is 13.1. The number of benzene rings is 2. The molecule has 0 heterocycles. The molecule has 2 atom stereocenters. The van der Waals surface area contributed by atoms with Crippen LogP contribution in [0.15, 0.2) is 24.3 Å². The lowest BCUT2D eigenvalue weighted by atomic mass is 9.73. The zero-order valence-electron chi connectivity index (χ0n) is 17.5. The minimum Gasteiger partial charge on any atom is -0.507 e. The van der Waals surface area contributed by atoms with Gasteiger partial charge in [0.2, 0.25) is 0 Å². The summed E-state index contributed by atoms with van der Waals surface area (Å²) < 4.78 is 2.36. The second kappa shape index (κ2) is 8.65. The summed E-state index contributed by atoms with van der Waals surface area (Å²) in [4.78, 5) is 49.5. The van der Waals surface area contributed by atoms with E-state index in [0.717, 1.165) is 0 Å². The number of alkyl carbamates (subject to hydrolysis) is 1. The number of hydrogen-bond acceptors (Lipinski definition) is 9. The first kappa shape index (κ1) is 25.2. The monoisotopic (exact) mass is 543 g/mol. The summed E-state index contributed by atoms with van der Waals surface area (Å²) in [5.41, 5.74) is -3.30. The van der Waals surface area contributed by atoms with Crippen LogP contribution in [0.4, 0.5) is 4.79 Å².